The molecule has 2 aromatic rings. The molecule has 0 bridgehead atoms. The van der Waals surface area contributed by atoms with E-state index in [4.69, 9.17) is 4.74 Å². The summed E-state index contributed by atoms with van der Waals surface area (Å²) in [5.74, 6) is 0.133. The van der Waals surface area contributed by atoms with E-state index in [1.807, 2.05) is 0 Å². The highest BCUT2D eigenvalue weighted by Crippen LogP contribution is 2.32. The van der Waals surface area contributed by atoms with E-state index >= 15 is 0 Å². The summed E-state index contributed by atoms with van der Waals surface area (Å²) in [5.41, 5.74) is 0.468. The largest absolute Gasteiger partial charge is 0.504 e. The molecule has 0 spiro atoms. The molecule has 0 saturated carbocycles. The van der Waals surface area contributed by atoms with E-state index in [0.717, 1.165) is 0 Å². The molecule has 2 rings (SSSR count). The highest BCUT2D eigenvalue weighted by Gasteiger charge is 2.08. The van der Waals surface area contributed by atoms with E-state index in [1.54, 1.807) is 0 Å². The van der Waals surface area contributed by atoms with E-state index in [9.17, 15) is 10.2 Å². The molecule has 5 nitrogen and oxygen atoms in total. The van der Waals surface area contributed by atoms with Crippen molar-refractivity contribution in [3.63, 3.8) is 0 Å². The van der Waals surface area contributed by atoms with Crippen LogP contribution in [0.2, 0.25) is 0 Å². The molecule has 0 atom stereocenters. The molecule has 0 radical (unpaired) electrons. The Morgan fingerprint density at radius 2 is 2.00 bits per heavy atom. The van der Waals surface area contributed by atoms with Crippen LogP contribution in [0.15, 0.2) is 18.5 Å². The van der Waals surface area contributed by atoms with Gasteiger partial charge in [-0.25, -0.2) is 9.97 Å². The maximum absolute atomic E-state index is 9.43. The van der Waals surface area contributed by atoms with E-state index in [-0.39, 0.29) is 17.4 Å². The smallest absolute Gasteiger partial charge is 0.222 e. The fourth-order valence-corrected chi connectivity index (χ4v) is 1.22. The Kier molecular flexibility index (Phi) is 1.85. The normalized spacial score (nSPS) is 10.4. The first-order chi connectivity index (χ1) is 6.72. The number of aromatic hydroxyl groups is 2. The van der Waals surface area contributed by atoms with E-state index in [0.29, 0.717) is 10.9 Å². The summed E-state index contributed by atoms with van der Waals surface area (Å²) in [5, 5.41) is 19.3. The lowest BCUT2D eigenvalue weighted by Crippen LogP contribution is -1.87. The number of hydrogen-bond donors (Lipinski definition) is 2. The Hall–Kier alpha value is -2.04. The number of ether oxygens (including phenoxy) is 1. The molecule has 0 amide bonds. The summed E-state index contributed by atoms with van der Waals surface area (Å²) in [6, 6.07) is 2.90. The average Bonchev–Trinajstić information content (AvgIpc) is 2.17. The molecule has 0 aliphatic carbocycles. The van der Waals surface area contributed by atoms with Crippen LogP contribution in [-0.2, 0) is 0 Å². The fraction of sp³-hybridized carbons (Fsp3) is 0.111. The van der Waals surface area contributed by atoms with Gasteiger partial charge in [-0.1, -0.05) is 0 Å². The molecule has 0 unspecified atom stereocenters. The zero-order chi connectivity index (χ0) is 10.1. The van der Waals surface area contributed by atoms with Crippen molar-refractivity contribution < 1.29 is 14.9 Å². The van der Waals surface area contributed by atoms with Gasteiger partial charge in [0.05, 0.1) is 18.0 Å². The van der Waals surface area contributed by atoms with Gasteiger partial charge in [-0.3, -0.25) is 0 Å². The minimum atomic E-state index is -0.131. The van der Waals surface area contributed by atoms with Gasteiger partial charge in [0.15, 0.2) is 11.5 Å². The summed E-state index contributed by atoms with van der Waals surface area (Å²) in [7, 11) is 1.43. The Bertz CT molecular complexity index is 485. The predicted octanol–water partition coefficient (Wildman–Crippen LogP) is 1.05. The molecule has 0 aliphatic rings. The zero-order valence-corrected chi connectivity index (χ0v) is 7.43. The van der Waals surface area contributed by atoms with Gasteiger partial charge in [0.2, 0.25) is 5.88 Å². The van der Waals surface area contributed by atoms with Crippen LogP contribution >= 0.6 is 0 Å². The van der Waals surface area contributed by atoms with Gasteiger partial charge < -0.3 is 14.9 Å². The zero-order valence-electron chi connectivity index (χ0n) is 7.43. The standard InChI is InChI=1S/C9H8N2O3/c1-14-8-2-5-6(3-7(8)12)10-4-11-9(5)13/h2-4,12H,1H3,(H,10,11,13). The number of nitrogens with zero attached hydrogens (tertiary/aromatic N) is 2. The quantitative estimate of drug-likeness (QED) is 0.706. The van der Waals surface area contributed by atoms with Gasteiger partial charge in [0.25, 0.3) is 0 Å². The van der Waals surface area contributed by atoms with Gasteiger partial charge in [0.1, 0.15) is 6.33 Å². The van der Waals surface area contributed by atoms with Crippen LogP contribution in [0.3, 0.4) is 0 Å². The second kappa shape index (κ2) is 3.02. The maximum atomic E-state index is 9.43. The number of aromatic nitrogens is 2. The number of benzene rings is 1. The van der Waals surface area contributed by atoms with Crippen LogP contribution in [0.25, 0.3) is 10.9 Å². The molecule has 14 heavy (non-hydrogen) atoms. The molecule has 1 aromatic carbocycles. The third-order valence-electron chi connectivity index (χ3n) is 1.91. The molecule has 0 saturated heterocycles. The lowest BCUT2D eigenvalue weighted by atomic mass is 10.2. The van der Waals surface area contributed by atoms with Crippen LogP contribution in [0.1, 0.15) is 0 Å². The van der Waals surface area contributed by atoms with Crippen LogP contribution in [0.5, 0.6) is 17.4 Å². The van der Waals surface area contributed by atoms with Crippen LogP contribution in [0.4, 0.5) is 0 Å². The van der Waals surface area contributed by atoms with Crippen molar-refractivity contribution in [1.29, 1.82) is 0 Å². The Labute approximate surface area is 79.6 Å². The maximum Gasteiger partial charge on any atom is 0.222 e. The number of fused-ring (bicyclic) bond motifs is 1. The summed E-state index contributed by atoms with van der Waals surface area (Å²) in [4.78, 5) is 7.51. The van der Waals surface area contributed by atoms with Crippen LogP contribution < -0.4 is 4.74 Å². The predicted molar refractivity (Wildman–Crippen MR) is 49.4 cm³/mol. The first kappa shape index (κ1) is 8.55. The lowest BCUT2D eigenvalue weighted by molar-refractivity contribution is 0.374. The summed E-state index contributed by atoms with van der Waals surface area (Å²) in [6.07, 6.45) is 1.23. The summed E-state index contributed by atoms with van der Waals surface area (Å²) >= 11 is 0. The van der Waals surface area contributed by atoms with Gasteiger partial charge in [-0.2, -0.15) is 0 Å². The van der Waals surface area contributed by atoms with Crippen molar-refractivity contribution in [2.75, 3.05) is 7.11 Å². The average molecular weight is 192 g/mol. The molecule has 0 aliphatic heterocycles. The van der Waals surface area contributed by atoms with E-state index in [2.05, 4.69) is 9.97 Å². The molecule has 2 N–H and O–H groups in total. The minimum Gasteiger partial charge on any atom is -0.504 e. The Balaban J connectivity index is 2.80. The minimum absolute atomic E-state index is 0.0156. The highest BCUT2D eigenvalue weighted by atomic mass is 16.5. The van der Waals surface area contributed by atoms with Crippen molar-refractivity contribution in [2.45, 2.75) is 0 Å². The number of rotatable bonds is 1. The van der Waals surface area contributed by atoms with E-state index < -0.39 is 0 Å². The summed E-state index contributed by atoms with van der Waals surface area (Å²) in [6.45, 7) is 0. The summed E-state index contributed by atoms with van der Waals surface area (Å²) < 4.78 is 4.89. The van der Waals surface area contributed by atoms with Crippen molar-refractivity contribution >= 4 is 10.9 Å². The first-order valence-corrected chi connectivity index (χ1v) is 3.93. The van der Waals surface area contributed by atoms with Gasteiger partial charge in [-0.15, -0.1) is 0 Å². The molecule has 72 valence electrons. The topological polar surface area (TPSA) is 75.5 Å². The van der Waals surface area contributed by atoms with Crippen molar-refractivity contribution in [3.05, 3.63) is 18.5 Å². The van der Waals surface area contributed by atoms with Gasteiger partial charge in [-0.05, 0) is 6.07 Å². The van der Waals surface area contributed by atoms with Crippen molar-refractivity contribution in [1.82, 2.24) is 9.97 Å². The van der Waals surface area contributed by atoms with Crippen LogP contribution in [-0.4, -0.2) is 27.3 Å². The van der Waals surface area contributed by atoms with Crippen LogP contribution in [0, 0.1) is 0 Å². The van der Waals surface area contributed by atoms with E-state index in [1.165, 1.54) is 25.6 Å². The SMILES string of the molecule is COc1cc2c(O)ncnc2cc1O. The third kappa shape index (κ3) is 1.19. The highest BCUT2D eigenvalue weighted by molar-refractivity contribution is 5.86. The first-order valence-electron chi connectivity index (χ1n) is 3.93. The van der Waals surface area contributed by atoms with Crippen molar-refractivity contribution in [3.8, 4) is 17.4 Å². The molecular weight excluding hydrogens is 184 g/mol. The number of phenols is 1. The number of phenolic OH excluding ortho intramolecular Hbond substituents is 1. The number of methoxy groups -OCH3 is 1. The monoisotopic (exact) mass is 192 g/mol. The molecule has 5 heteroatoms. The molecule has 1 aromatic heterocycles. The van der Waals surface area contributed by atoms with Crippen molar-refractivity contribution in [2.24, 2.45) is 0 Å². The van der Waals surface area contributed by atoms with Gasteiger partial charge >= 0.3 is 0 Å². The fourth-order valence-electron chi connectivity index (χ4n) is 1.22. The lowest BCUT2D eigenvalue weighted by Gasteiger charge is -2.05. The second-order valence-electron chi connectivity index (χ2n) is 2.74. The molecular formula is C9H8N2O3. The molecule has 0 fully saturated rings. The number of hydrogen-bond acceptors (Lipinski definition) is 5. The Morgan fingerprint density at radius 1 is 1.21 bits per heavy atom. The third-order valence-corrected chi connectivity index (χ3v) is 1.91. The molecule has 1 heterocycles. The Morgan fingerprint density at radius 3 is 2.71 bits per heavy atom. The second-order valence-corrected chi connectivity index (χ2v) is 2.74. The van der Waals surface area contributed by atoms with Gasteiger partial charge in [0, 0.05) is 6.07 Å².